The lowest BCUT2D eigenvalue weighted by Gasteiger charge is -2.38. The molecule has 1 aromatic heterocycles. The van der Waals surface area contributed by atoms with Gasteiger partial charge in [0.2, 0.25) is 0 Å². The molecule has 0 bridgehead atoms. The smallest absolute Gasteiger partial charge is 0.108 e. The average Bonchev–Trinajstić information content (AvgIpc) is 2.49. The van der Waals surface area contributed by atoms with E-state index in [4.69, 9.17) is 0 Å². The second-order valence-electron chi connectivity index (χ2n) is 4.58. The van der Waals surface area contributed by atoms with Crippen molar-refractivity contribution >= 4 is 27.3 Å². The molecule has 0 atom stereocenters. The number of halogens is 1. The Balaban J connectivity index is 1.95. The van der Waals surface area contributed by atoms with Crippen LogP contribution in [0.3, 0.4) is 0 Å². The maximum absolute atomic E-state index is 4.37. The molecule has 1 fully saturated rings. The average molecular weight is 290 g/mol. The third-order valence-corrected chi connectivity index (χ3v) is 4.00. The molecular formula is C10H16BrN3S. The van der Waals surface area contributed by atoms with E-state index in [-0.39, 0.29) is 5.54 Å². The Hall–Kier alpha value is 0.0300. The van der Waals surface area contributed by atoms with Crippen molar-refractivity contribution in [2.24, 2.45) is 0 Å². The molecule has 1 aliphatic rings. The molecule has 0 aliphatic carbocycles. The fourth-order valence-corrected chi connectivity index (χ4v) is 3.28. The molecule has 0 saturated carbocycles. The highest BCUT2D eigenvalue weighted by atomic mass is 79.9. The quantitative estimate of drug-likeness (QED) is 0.904. The molecule has 0 unspecified atom stereocenters. The van der Waals surface area contributed by atoms with Crippen LogP contribution in [0.25, 0.3) is 0 Å². The number of piperazine rings is 1. The van der Waals surface area contributed by atoms with Crippen LogP contribution in [0.4, 0.5) is 0 Å². The number of hydrogen-bond donors (Lipinski definition) is 1. The molecule has 15 heavy (non-hydrogen) atoms. The Kier molecular flexibility index (Phi) is 3.45. The van der Waals surface area contributed by atoms with Crippen molar-refractivity contribution in [1.29, 1.82) is 0 Å². The fourth-order valence-electron chi connectivity index (χ4n) is 1.93. The number of nitrogens with zero attached hydrogens (tertiary/aromatic N) is 2. The summed E-state index contributed by atoms with van der Waals surface area (Å²) in [4.78, 5) is 6.83. The maximum Gasteiger partial charge on any atom is 0.108 e. The largest absolute Gasteiger partial charge is 0.309 e. The fraction of sp³-hybridized carbons (Fsp3) is 0.700. The zero-order chi connectivity index (χ0) is 10.9. The van der Waals surface area contributed by atoms with Crippen LogP contribution in [-0.2, 0) is 6.54 Å². The van der Waals surface area contributed by atoms with Crippen LogP contribution in [0, 0.1) is 0 Å². The summed E-state index contributed by atoms with van der Waals surface area (Å²) >= 11 is 5.17. The summed E-state index contributed by atoms with van der Waals surface area (Å²) in [7, 11) is 0. The van der Waals surface area contributed by atoms with E-state index in [1.165, 1.54) is 5.01 Å². The molecule has 2 heterocycles. The van der Waals surface area contributed by atoms with Gasteiger partial charge in [0.1, 0.15) is 5.01 Å². The van der Waals surface area contributed by atoms with Gasteiger partial charge in [0, 0.05) is 25.2 Å². The van der Waals surface area contributed by atoms with Crippen LogP contribution in [-0.4, -0.2) is 35.1 Å². The van der Waals surface area contributed by atoms with Crippen molar-refractivity contribution in [2.45, 2.75) is 25.9 Å². The number of thiazole rings is 1. The summed E-state index contributed by atoms with van der Waals surface area (Å²) < 4.78 is 1.12. The summed E-state index contributed by atoms with van der Waals surface area (Å²) in [5, 5.41) is 4.71. The first kappa shape index (κ1) is 11.5. The summed E-state index contributed by atoms with van der Waals surface area (Å²) in [6.45, 7) is 8.74. The Morgan fingerprint density at radius 1 is 1.67 bits per heavy atom. The lowest BCUT2D eigenvalue weighted by molar-refractivity contribution is 0.148. The van der Waals surface area contributed by atoms with Gasteiger partial charge in [0.15, 0.2) is 0 Å². The Bertz CT molecular complexity index is 337. The highest BCUT2D eigenvalue weighted by Gasteiger charge is 2.25. The first-order valence-electron chi connectivity index (χ1n) is 5.13. The van der Waals surface area contributed by atoms with Gasteiger partial charge < -0.3 is 5.32 Å². The molecule has 1 aliphatic heterocycles. The van der Waals surface area contributed by atoms with Crippen molar-refractivity contribution in [3.63, 3.8) is 0 Å². The molecule has 0 aromatic carbocycles. The summed E-state index contributed by atoms with van der Waals surface area (Å²) in [6, 6.07) is 0. The molecule has 5 heteroatoms. The third-order valence-electron chi connectivity index (χ3n) is 2.53. The van der Waals surface area contributed by atoms with Gasteiger partial charge in [-0.15, -0.1) is 11.3 Å². The molecule has 0 spiro atoms. The van der Waals surface area contributed by atoms with Crippen LogP contribution in [0.15, 0.2) is 9.98 Å². The Morgan fingerprint density at radius 3 is 3.07 bits per heavy atom. The van der Waals surface area contributed by atoms with Gasteiger partial charge in [0.05, 0.1) is 16.5 Å². The first-order chi connectivity index (χ1) is 7.05. The molecule has 1 aromatic rings. The predicted molar refractivity (Wildman–Crippen MR) is 67.2 cm³/mol. The van der Waals surface area contributed by atoms with E-state index in [1.54, 1.807) is 11.3 Å². The number of hydrogen-bond acceptors (Lipinski definition) is 4. The van der Waals surface area contributed by atoms with Crippen molar-refractivity contribution in [3.8, 4) is 0 Å². The minimum absolute atomic E-state index is 0.229. The summed E-state index contributed by atoms with van der Waals surface area (Å²) in [5.41, 5.74) is 0.229. The summed E-state index contributed by atoms with van der Waals surface area (Å²) in [5.74, 6) is 0. The number of nitrogens with one attached hydrogen (secondary N) is 1. The van der Waals surface area contributed by atoms with Crippen molar-refractivity contribution in [2.75, 3.05) is 19.6 Å². The second kappa shape index (κ2) is 4.49. The van der Waals surface area contributed by atoms with E-state index >= 15 is 0 Å². The molecule has 2 rings (SSSR count). The molecule has 0 amide bonds. The normalized spacial score (nSPS) is 21.8. The van der Waals surface area contributed by atoms with Crippen molar-refractivity contribution in [1.82, 2.24) is 15.2 Å². The maximum atomic E-state index is 4.37. The minimum atomic E-state index is 0.229. The first-order valence-corrected chi connectivity index (χ1v) is 6.74. The van der Waals surface area contributed by atoms with Crippen molar-refractivity contribution < 1.29 is 0 Å². The van der Waals surface area contributed by atoms with Crippen molar-refractivity contribution in [3.05, 3.63) is 15.0 Å². The minimum Gasteiger partial charge on any atom is -0.309 e. The van der Waals surface area contributed by atoms with Gasteiger partial charge >= 0.3 is 0 Å². The van der Waals surface area contributed by atoms with Gasteiger partial charge in [-0.3, -0.25) is 4.90 Å². The highest BCUT2D eigenvalue weighted by molar-refractivity contribution is 9.11. The van der Waals surface area contributed by atoms with Crippen LogP contribution < -0.4 is 5.32 Å². The van der Waals surface area contributed by atoms with E-state index in [0.29, 0.717) is 0 Å². The third kappa shape index (κ3) is 3.24. The lowest BCUT2D eigenvalue weighted by Crippen LogP contribution is -2.56. The molecule has 84 valence electrons. The van der Waals surface area contributed by atoms with E-state index in [9.17, 15) is 0 Å². The Labute approximate surface area is 103 Å². The lowest BCUT2D eigenvalue weighted by atomic mass is 10.0. The highest BCUT2D eigenvalue weighted by Crippen LogP contribution is 2.21. The number of aromatic nitrogens is 1. The van der Waals surface area contributed by atoms with Crippen LogP contribution in [0.1, 0.15) is 18.9 Å². The molecule has 1 N–H and O–H groups in total. The zero-order valence-corrected chi connectivity index (χ0v) is 11.5. The molecule has 3 nitrogen and oxygen atoms in total. The molecular weight excluding hydrogens is 274 g/mol. The number of rotatable bonds is 2. The molecule has 0 radical (unpaired) electrons. The van der Waals surface area contributed by atoms with Gasteiger partial charge in [-0.05, 0) is 29.8 Å². The second-order valence-corrected chi connectivity index (χ2v) is 7.07. The van der Waals surface area contributed by atoms with E-state index in [0.717, 1.165) is 30.0 Å². The molecule has 1 saturated heterocycles. The topological polar surface area (TPSA) is 28.2 Å². The van der Waals surface area contributed by atoms with Crippen LogP contribution in [0.5, 0.6) is 0 Å². The predicted octanol–water partition coefficient (Wildman–Crippen LogP) is 2.09. The van der Waals surface area contributed by atoms with Crippen LogP contribution >= 0.6 is 27.3 Å². The monoisotopic (exact) mass is 289 g/mol. The Morgan fingerprint density at radius 2 is 2.47 bits per heavy atom. The summed E-state index contributed by atoms with van der Waals surface area (Å²) in [6.07, 6.45) is 1.88. The van der Waals surface area contributed by atoms with E-state index in [1.807, 2.05) is 6.20 Å². The van der Waals surface area contributed by atoms with Gasteiger partial charge in [-0.1, -0.05) is 0 Å². The standard InChI is InChI=1S/C10H16BrN3S/c1-10(2)7-14(4-3-13-10)6-9-12-5-8(11)15-9/h5,13H,3-4,6-7H2,1-2H3. The SMILES string of the molecule is CC1(C)CN(Cc2ncc(Br)s2)CCN1. The van der Waals surface area contributed by atoms with E-state index < -0.39 is 0 Å². The zero-order valence-electron chi connectivity index (χ0n) is 9.09. The van der Waals surface area contributed by atoms with E-state index in [2.05, 4.69) is 45.0 Å². The van der Waals surface area contributed by atoms with Gasteiger partial charge in [-0.2, -0.15) is 0 Å². The van der Waals surface area contributed by atoms with Crippen LogP contribution in [0.2, 0.25) is 0 Å². The van der Waals surface area contributed by atoms with Gasteiger partial charge in [-0.25, -0.2) is 4.98 Å². The van der Waals surface area contributed by atoms with Gasteiger partial charge in [0.25, 0.3) is 0 Å².